The Bertz CT molecular complexity index is 3760. The van der Waals surface area contributed by atoms with Crippen LogP contribution < -0.4 is 48.7 Å². The Hall–Kier alpha value is -6.89. The number of ether oxygens (including phenoxy) is 4. The fraction of sp³-hybridized carbons (Fsp3) is 0.379. The fourth-order valence-electron chi connectivity index (χ4n) is 9.28. The molecule has 3 aromatic carbocycles. The molecule has 8 rings (SSSR count). The number of carbonyl (C=O) groups excluding carboxylic acids is 4. The number of pyridine rings is 1. The van der Waals surface area contributed by atoms with Gasteiger partial charge < -0.3 is 50.8 Å². The second-order valence-electron chi connectivity index (χ2n) is 20.1. The Morgan fingerprint density at radius 3 is 2.17 bits per heavy atom. The van der Waals surface area contributed by atoms with Gasteiger partial charge >= 0.3 is 5.69 Å². The first-order chi connectivity index (χ1) is 41.4. The molecule has 4 amide bonds. The lowest BCUT2D eigenvalue weighted by Gasteiger charge is -2.21. The molecule has 1 fully saturated rings. The predicted octanol–water partition coefficient (Wildman–Crippen LogP) is 6.54. The van der Waals surface area contributed by atoms with Crippen LogP contribution in [-0.4, -0.2) is 132 Å². The number of hydrogen-bond donors (Lipinski definition) is 6. The van der Waals surface area contributed by atoms with Crippen molar-refractivity contribution in [3.8, 4) is 16.9 Å². The summed E-state index contributed by atoms with van der Waals surface area (Å²) in [5.74, 6) is -2.64. The molecule has 28 heteroatoms. The van der Waals surface area contributed by atoms with Crippen molar-refractivity contribution in [2.75, 3.05) is 89.7 Å². The molecule has 0 unspecified atom stereocenters. The van der Waals surface area contributed by atoms with Crippen LogP contribution in [-0.2, 0) is 53.8 Å². The van der Waals surface area contributed by atoms with E-state index in [1.165, 1.54) is 59.6 Å². The molecule has 7 aromatic rings. The molecule has 1 saturated carbocycles. The number of aryl methyl sites for hydroxylation is 2. The molecule has 1 aliphatic rings. The van der Waals surface area contributed by atoms with Crippen molar-refractivity contribution >= 4 is 109 Å². The summed E-state index contributed by atoms with van der Waals surface area (Å²) in [6.45, 7) is 3.64. The number of thiophene rings is 1. The zero-order valence-corrected chi connectivity index (χ0v) is 51.7. The maximum atomic E-state index is 15.1. The van der Waals surface area contributed by atoms with Crippen LogP contribution in [0.5, 0.6) is 0 Å². The van der Waals surface area contributed by atoms with Crippen molar-refractivity contribution < 1.29 is 46.9 Å². The number of halogens is 5. The number of nitrogens with zero attached hydrogens (tertiary/aromatic N) is 5. The number of nitrogens with one attached hydrogen (secondary N) is 6. The molecule has 0 bridgehead atoms. The summed E-state index contributed by atoms with van der Waals surface area (Å²) in [5, 5.41) is 21.8. The highest BCUT2D eigenvalue weighted by Crippen LogP contribution is 2.39. The van der Waals surface area contributed by atoms with Crippen molar-refractivity contribution in [2.45, 2.75) is 51.1 Å². The van der Waals surface area contributed by atoms with Crippen molar-refractivity contribution in [3.05, 3.63) is 151 Å². The Labute approximate surface area is 520 Å². The molecule has 0 aliphatic heterocycles. The first-order valence-corrected chi connectivity index (χ1v) is 30.1. The van der Waals surface area contributed by atoms with Gasteiger partial charge in [0.15, 0.2) is 0 Å². The standard InChI is InChI=1S/C58H64Cl2F2IN11O11S/c1-34-51-50(54(71(2)56(34)79)70-45-15-12-37(63)26-44(45)62)57(80)74(40-13-14-40)58(81)73(51)41-11-5-10-38(27-41)68-49(77)33-85-32-48(76)66-17-7-19-83-21-23-84-22-20-82-18-6-16-65-47(75)31-64-29-39(25-35-8-4-9-36(61)24-35)69-55(78)46-28-42(53(60)86-46)52-43(59)30-67-72(52)3/h4-5,8-12,15,24,26-28,30,39-40,64,70H,6-7,13-14,16-23,25,29,31-33H2,1-3H3,(H,65,75)(H,66,76)(H,68,77)(H,69,78)/t39-/m0/s1. The monoisotopic (exact) mass is 1360 g/mol. The van der Waals surface area contributed by atoms with Crippen LogP contribution in [0.1, 0.15) is 52.5 Å². The van der Waals surface area contributed by atoms with Crippen LogP contribution in [0.25, 0.3) is 27.8 Å². The van der Waals surface area contributed by atoms with Crippen molar-refractivity contribution in [2.24, 2.45) is 14.1 Å². The first kappa shape index (κ1) is 65.1. The highest BCUT2D eigenvalue weighted by molar-refractivity contribution is 14.1. The maximum Gasteiger partial charge on any atom is 0.336 e. The van der Waals surface area contributed by atoms with Gasteiger partial charge in [0.25, 0.3) is 17.0 Å². The van der Waals surface area contributed by atoms with Gasteiger partial charge in [-0.05, 0) is 122 Å². The van der Waals surface area contributed by atoms with Crippen LogP contribution in [0.3, 0.4) is 0 Å². The Kier molecular flexibility index (Phi) is 23.6. The average molecular weight is 1360 g/mol. The predicted molar refractivity (Wildman–Crippen MR) is 332 cm³/mol. The molecule has 4 heterocycles. The summed E-state index contributed by atoms with van der Waals surface area (Å²) in [6.07, 6.45) is 4.06. The van der Waals surface area contributed by atoms with Crippen LogP contribution in [0.4, 0.5) is 26.0 Å². The van der Waals surface area contributed by atoms with Gasteiger partial charge in [-0.15, -0.1) is 11.3 Å². The molecule has 86 heavy (non-hydrogen) atoms. The third-order valence-electron chi connectivity index (χ3n) is 13.6. The summed E-state index contributed by atoms with van der Waals surface area (Å²) in [5.41, 5.74) is 0.700. The third kappa shape index (κ3) is 17.4. The smallest absolute Gasteiger partial charge is 0.336 e. The van der Waals surface area contributed by atoms with Gasteiger partial charge in [-0.25, -0.2) is 13.6 Å². The number of fused-ring (bicyclic) bond motifs is 1. The van der Waals surface area contributed by atoms with E-state index >= 15 is 4.39 Å². The third-order valence-corrected chi connectivity index (χ3v) is 15.9. The molecule has 6 N–H and O–H groups in total. The zero-order valence-electron chi connectivity index (χ0n) is 47.2. The van der Waals surface area contributed by atoms with Gasteiger partial charge in [0.1, 0.15) is 40.4 Å². The molecular formula is C58H64Cl2F2IN11O11S. The number of hydrogen-bond acceptors (Lipinski definition) is 15. The molecule has 22 nitrogen and oxygen atoms in total. The molecular weight excluding hydrogens is 1290 g/mol. The molecule has 0 spiro atoms. The van der Waals surface area contributed by atoms with E-state index in [0.29, 0.717) is 119 Å². The molecule has 458 valence electrons. The van der Waals surface area contributed by atoms with Gasteiger partial charge in [-0.3, -0.25) is 47.2 Å². The van der Waals surface area contributed by atoms with Gasteiger partial charge in [0.05, 0.1) is 71.7 Å². The molecule has 4 aromatic heterocycles. The lowest BCUT2D eigenvalue weighted by atomic mass is 10.1. The lowest BCUT2D eigenvalue weighted by Crippen LogP contribution is -2.45. The molecule has 1 aliphatic carbocycles. The second kappa shape index (κ2) is 31.1. The van der Waals surface area contributed by atoms with Gasteiger partial charge in [0.2, 0.25) is 17.7 Å². The highest BCUT2D eigenvalue weighted by atomic mass is 127. The molecule has 0 saturated heterocycles. The number of benzene rings is 3. The number of carbonyl (C=O) groups is 4. The van der Waals surface area contributed by atoms with Crippen molar-refractivity contribution in [1.82, 2.24) is 44.7 Å². The maximum absolute atomic E-state index is 15.1. The highest BCUT2D eigenvalue weighted by Gasteiger charge is 2.32. The number of aromatic nitrogens is 5. The zero-order chi connectivity index (χ0) is 61.4. The summed E-state index contributed by atoms with van der Waals surface area (Å²) in [7, 11) is 3.18. The SMILES string of the molecule is Cc1c(=O)n(C)c(Nc2ccc(I)cc2F)c2c(=O)n(C3CC3)c(=O)n(-c3cccc(NC(=O)COCC(=O)NCCCOCCOCCOCCCNC(=O)CNC[C@H](Cc4cccc(F)c4)NC(=O)c4cc(-c5c(Cl)cnn5C)c(Cl)s4)c3)c12. The summed E-state index contributed by atoms with van der Waals surface area (Å²) in [4.78, 5) is 93.9. The average Bonchev–Trinajstić information content (AvgIpc) is 1.96. The van der Waals surface area contributed by atoms with E-state index in [4.69, 9.17) is 42.1 Å². The minimum absolute atomic E-state index is 0.00914. The van der Waals surface area contributed by atoms with Crippen LogP contribution in [0, 0.1) is 22.1 Å². The Morgan fingerprint density at radius 2 is 1.50 bits per heavy atom. The van der Waals surface area contributed by atoms with Gasteiger partial charge in [-0.2, -0.15) is 5.10 Å². The topological polar surface area (TPSA) is 261 Å². The Morgan fingerprint density at radius 1 is 0.814 bits per heavy atom. The van der Waals surface area contributed by atoms with Crippen LogP contribution in [0.15, 0.2) is 93.4 Å². The fourth-order valence-corrected chi connectivity index (χ4v) is 11.2. The van der Waals surface area contributed by atoms with Crippen molar-refractivity contribution in [3.63, 3.8) is 0 Å². The van der Waals surface area contributed by atoms with E-state index in [9.17, 15) is 38.0 Å². The van der Waals surface area contributed by atoms with E-state index in [-0.39, 0.29) is 76.9 Å². The van der Waals surface area contributed by atoms with E-state index < -0.39 is 52.9 Å². The second-order valence-corrected chi connectivity index (χ2v) is 23.4. The molecule has 0 radical (unpaired) electrons. The number of rotatable bonds is 32. The number of anilines is 3. The van der Waals surface area contributed by atoms with E-state index in [1.807, 2.05) is 22.6 Å². The minimum Gasteiger partial charge on any atom is -0.379 e. The van der Waals surface area contributed by atoms with Crippen LogP contribution >= 0.6 is 57.1 Å². The first-order valence-electron chi connectivity index (χ1n) is 27.5. The molecule has 1 atom stereocenters. The quantitative estimate of drug-likeness (QED) is 0.0193. The Balaban J connectivity index is 0.668. The van der Waals surface area contributed by atoms with E-state index in [2.05, 4.69) is 37.0 Å². The van der Waals surface area contributed by atoms with Gasteiger partial charge in [-0.1, -0.05) is 41.4 Å². The normalized spacial score (nSPS) is 12.6. The summed E-state index contributed by atoms with van der Waals surface area (Å²) >= 11 is 15.9. The largest absolute Gasteiger partial charge is 0.379 e. The van der Waals surface area contributed by atoms with E-state index in [0.717, 1.165) is 15.9 Å². The summed E-state index contributed by atoms with van der Waals surface area (Å²) in [6, 6.07) is 17.7. The van der Waals surface area contributed by atoms with Crippen LogP contribution in [0.2, 0.25) is 9.36 Å². The van der Waals surface area contributed by atoms with Gasteiger partial charge in [0, 0.05) is 79.4 Å². The lowest BCUT2D eigenvalue weighted by molar-refractivity contribution is -0.128. The minimum atomic E-state index is -0.672. The van der Waals surface area contributed by atoms with E-state index in [1.54, 1.807) is 54.2 Å². The van der Waals surface area contributed by atoms with Crippen molar-refractivity contribution in [1.29, 1.82) is 0 Å². The summed E-state index contributed by atoms with van der Waals surface area (Å²) < 4.78 is 57.5. The number of amides is 4.